The van der Waals surface area contributed by atoms with Gasteiger partial charge in [-0.1, -0.05) is 18.2 Å². The zero-order valence-electron chi connectivity index (χ0n) is 12.0. The van der Waals surface area contributed by atoms with E-state index in [0.717, 1.165) is 36.9 Å². The standard InChI is InChI=1S/C15H21ClN2O2S/c16-11-13-5-3-9-17(12-13)21(19,20)18-10-4-7-14-6-1-2-8-15(14)18/h1-2,6,8,13H,3-5,7,9-12H2. The van der Waals surface area contributed by atoms with Crippen LogP contribution in [0.15, 0.2) is 24.3 Å². The number of nitrogens with zero attached hydrogens (tertiary/aromatic N) is 2. The zero-order chi connectivity index (χ0) is 14.9. The molecule has 0 saturated carbocycles. The van der Waals surface area contributed by atoms with E-state index in [1.54, 1.807) is 8.61 Å². The van der Waals surface area contributed by atoms with Gasteiger partial charge in [0.1, 0.15) is 0 Å². The van der Waals surface area contributed by atoms with E-state index in [0.29, 0.717) is 25.5 Å². The Hall–Kier alpha value is -0.780. The third-order valence-electron chi connectivity index (χ3n) is 4.37. The van der Waals surface area contributed by atoms with Crippen LogP contribution in [-0.2, 0) is 16.6 Å². The van der Waals surface area contributed by atoms with E-state index >= 15 is 0 Å². The predicted octanol–water partition coefficient (Wildman–Crippen LogP) is 2.63. The molecule has 6 heteroatoms. The third kappa shape index (κ3) is 2.91. The lowest BCUT2D eigenvalue weighted by Crippen LogP contribution is -2.49. The first-order valence-corrected chi connectivity index (χ1v) is 9.48. The molecule has 0 spiro atoms. The molecule has 3 rings (SSSR count). The number of benzene rings is 1. The molecular formula is C15H21ClN2O2S. The number of hydrogen-bond donors (Lipinski definition) is 0. The molecule has 0 aliphatic carbocycles. The first-order valence-electron chi connectivity index (χ1n) is 7.54. The van der Waals surface area contributed by atoms with Crippen molar-refractivity contribution < 1.29 is 8.42 Å². The molecule has 1 saturated heterocycles. The minimum atomic E-state index is -3.43. The van der Waals surface area contributed by atoms with Crippen LogP contribution in [0.1, 0.15) is 24.8 Å². The van der Waals surface area contributed by atoms with Gasteiger partial charge in [-0.15, -0.1) is 11.6 Å². The number of rotatable bonds is 3. The van der Waals surface area contributed by atoms with Crippen LogP contribution in [0.3, 0.4) is 0 Å². The number of aryl methyl sites for hydroxylation is 1. The summed E-state index contributed by atoms with van der Waals surface area (Å²) in [6.45, 7) is 1.72. The number of halogens is 1. The van der Waals surface area contributed by atoms with Gasteiger partial charge in [-0.25, -0.2) is 0 Å². The molecule has 1 aromatic rings. The van der Waals surface area contributed by atoms with Crippen molar-refractivity contribution in [1.29, 1.82) is 0 Å². The Kier molecular flexibility index (Phi) is 4.43. The first-order chi connectivity index (χ1) is 10.1. The maximum absolute atomic E-state index is 13.0. The van der Waals surface area contributed by atoms with Gasteiger partial charge in [0.2, 0.25) is 0 Å². The fourth-order valence-electron chi connectivity index (χ4n) is 3.24. The minimum Gasteiger partial charge on any atom is -0.257 e. The van der Waals surface area contributed by atoms with Gasteiger partial charge < -0.3 is 0 Å². The lowest BCUT2D eigenvalue weighted by Gasteiger charge is -2.38. The monoisotopic (exact) mass is 328 g/mol. The summed E-state index contributed by atoms with van der Waals surface area (Å²) in [6.07, 6.45) is 3.74. The van der Waals surface area contributed by atoms with E-state index in [-0.39, 0.29) is 5.92 Å². The summed E-state index contributed by atoms with van der Waals surface area (Å²) in [5.41, 5.74) is 1.97. The number of alkyl halides is 1. The van der Waals surface area contributed by atoms with Crippen LogP contribution in [0.2, 0.25) is 0 Å². The molecule has 1 fully saturated rings. The van der Waals surface area contributed by atoms with Gasteiger partial charge in [0.25, 0.3) is 0 Å². The topological polar surface area (TPSA) is 40.6 Å². The second-order valence-electron chi connectivity index (χ2n) is 5.83. The van der Waals surface area contributed by atoms with Crippen LogP contribution >= 0.6 is 11.6 Å². The van der Waals surface area contributed by atoms with Crippen molar-refractivity contribution in [2.24, 2.45) is 5.92 Å². The highest BCUT2D eigenvalue weighted by Crippen LogP contribution is 2.31. The summed E-state index contributed by atoms with van der Waals surface area (Å²) in [6, 6.07) is 7.81. The normalized spacial score (nSPS) is 23.9. The second kappa shape index (κ2) is 6.15. The summed E-state index contributed by atoms with van der Waals surface area (Å²) < 4.78 is 29.1. The average molecular weight is 329 g/mol. The summed E-state index contributed by atoms with van der Waals surface area (Å²) >= 11 is 5.93. The second-order valence-corrected chi connectivity index (χ2v) is 7.99. The smallest absolute Gasteiger partial charge is 0.257 e. The molecule has 2 aliphatic rings. The Morgan fingerprint density at radius 2 is 2.00 bits per heavy atom. The van der Waals surface area contributed by atoms with Gasteiger partial charge in [-0.05, 0) is 43.2 Å². The van der Waals surface area contributed by atoms with Gasteiger partial charge in [0.05, 0.1) is 5.69 Å². The number of piperidine rings is 1. The molecule has 21 heavy (non-hydrogen) atoms. The molecule has 116 valence electrons. The minimum absolute atomic E-state index is 0.273. The van der Waals surface area contributed by atoms with Gasteiger partial charge in [-0.2, -0.15) is 12.7 Å². The Balaban J connectivity index is 1.89. The lowest BCUT2D eigenvalue weighted by molar-refractivity contribution is 0.282. The number of hydrogen-bond acceptors (Lipinski definition) is 2. The fourth-order valence-corrected chi connectivity index (χ4v) is 5.32. The van der Waals surface area contributed by atoms with Gasteiger partial charge in [0, 0.05) is 25.5 Å². The first kappa shape index (κ1) is 15.1. The van der Waals surface area contributed by atoms with Crippen LogP contribution in [-0.4, -0.2) is 38.2 Å². The Labute approximate surface area is 131 Å². The molecule has 2 aliphatic heterocycles. The SMILES string of the molecule is O=S(=O)(N1CCCC(CCl)C1)N1CCCc2ccccc21. The quantitative estimate of drug-likeness (QED) is 0.800. The largest absolute Gasteiger partial charge is 0.304 e. The van der Waals surface area contributed by atoms with E-state index in [9.17, 15) is 8.42 Å². The van der Waals surface area contributed by atoms with Gasteiger partial charge in [-0.3, -0.25) is 4.31 Å². The van der Waals surface area contributed by atoms with E-state index in [1.807, 2.05) is 24.3 Å². The van der Waals surface area contributed by atoms with Crippen LogP contribution in [0.25, 0.3) is 0 Å². The maximum atomic E-state index is 13.0. The molecule has 1 atom stereocenters. The highest BCUT2D eigenvalue weighted by molar-refractivity contribution is 7.90. The number of anilines is 1. The molecule has 1 aromatic carbocycles. The highest BCUT2D eigenvalue weighted by atomic mass is 35.5. The van der Waals surface area contributed by atoms with Crippen LogP contribution in [0, 0.1) is 5.92 Å². The Morgan fingerprint density at radius 3 is 2.81 bits per heavy atom. The van der Waals surface area contributed by atoms with Gasteiger partial charge >= 0.3 is 10.2 Å². The predicted molar refractivity (Wildman–Crippen MR) is 86.0 cm³/mol. The summed E-state index contributed by atoms with van der Waals surface area (Å²) in [7, 11) is -3.43. The Bertz CT molecular complexity index is 605. The van der Waals surface area contributed by atoms with Crippen molar-refractivity contribution in [1.82, 2.24) is 4.31 Å². The van der Waals surface area contributed by atoms with E-state index in [2.05, 4.69) is 0 Å². The van der Waals surface area contributed by atoms with Crippen molar-refractivity contribution in [2.45, 2.75) is 25.7 Å². The highest BCUT2D eigenvalue weighted by Gasteiger charge is 2.35. The van der Waals surface area contributed by atoms with E-state index in [4.69, 9.17) is 11.6 Å². The van der Waals surface area contributed by atoms with E-state index < -0.39 is 10.2 Å². The molecule has 0 amide bonds. The van der Waals surface area contributed by atoms with Gasteiger partial charge in [0.15, 0.2) is 0 Å². The van der Waals surface area contributed by atoms with Crippen molar-refractivity contribution >= 4 is 27.5 Å². The fraction of sp³-hybridized carbons (Fsp3) is 0.600. The molecule has 0 radical (unpaired) electrons. The molecule has 2 heterocycles. The van der Waals surface area contributed by atoms with Crippen LogP contribution in [0.4, 0.5) is 5.69 Å². The molecular weight excluding hydrogens is 308 g/mol. The average Bonchev–Trinajstić information content (AvgIpc) is 2.54. The van der Waals surface area contributed by atoms with Crippen molar-refractivity contribution in [2.75, 3.05) is 29.8 Å². The molecule has 4 nitrogen and oxygen atoms in total. The molecule has 0 aromatic heterocycles. The summed E-state index contributed by atoms with van der Waals surface area (Å²) in [5, 5.41) is 0. The van der Waals surface area contributed by atoms with Crippen LogP contribution in [0.5, 0.6) is 0 Å². The number of para-hydroxylation sites is 1. The molecule has 0 bridgehead atoms. The number of fused-ring (bicyclic) bond motifs is 1. The van der Waals surface area contributed by atoms with Crippen molar-refractivity contribution in [3.63, 3.8) is 0 Å². The van der Waals surface area contributed by atoms with Crippen molar-refractivity contribution in [3.05, 3.63) is 29.8 Å². The van der Waals surface area contributed by atoms with Crippen LogP contribution < -0.4 is 4.31 Å². The van der Waals surface area contributed by atoms with Crippen molar-refractivity contribution in [3.8, 4) is 0 Å². The zero-order valence-corrected chi connectivity index (χ0v) is 13.6. The third-order valence-corrected chi connectivity index (χ3v) is 6.73. The lowest BCUT2D eigenvalue weighted by atomic mass is 10.0. The molecule has 0 N–H and O–H groups in total. The van der Waals surface area contributed by atoms with E-state index in [1.165, 1.54) is 0 Å². The Morgan fingerprint density at radius 1 is 1.19 bits per heavy atom. The summed E-state index contributed by atoms with van der Waals surface area (Å²) in [4.78, 5) is 0. The summed E-state index contributed by atoms with van der Waals surface area (Å²) in [5.74, 6) is 0.804. The maximum Gasteiger partial charge on any atom is 0.304 e. The molecule has 1 unspecified atom stereocenters.